The Morgan fingerprint density at radius 3 is 2.67 bits per heavy atom. The number of aryl methyl sites for hydroxylation is 2. The van der Waals surface area contributed by atoms with Crippen molar-refractivity contribution in [2.75, 3.05) is 5.73 Å². The van der Waals surface area contributed by atoms with Crippen molar-refractivity contribution in [3.8, 4) is 5.75 Å². The van der Waals surface area contributed by atoms with Crippen molar-refractivity contribution < 1.29 is 4.74 Å². The fourth-order valence-corrected chi connectivity index (χ4v) is 2.66. The van der Waals surface area contributed by atoms with Crippen molar-refractivity contribution >= 4 is 11.8 Å². The summed E-state index contributed by atoms with van der Waals surface area (Å²) in [5.41, 5.74) is 9.98. The molecular formula is C19H21NO. The monoisotopic (exact) mass is 279 g/mol. The number of hydrogen-bond donors (Lipinski definition) is 1. The summed E-state index contributed by atoms with van der Waals surface area (Å²) in [6.45, 7) is 4.15. The van der Waals surface area contributed by atoms with E-state index in [4.69, 9.17) is 10.5 Å². The predicted molar refractivity (Wildman–Crippen MR) is 88.4 cm³/mol. The lowest BCUT2D eigenvalue weighted by Crippen LogP contribution is -2.32. The molecule has 0 aromatic heterocycles. The molecule has 21 heavy (non-hydrogen) atoms. The highest BCUT2D eigenvalue weighted by molar-refractivity contribution is 5.67. The van der Waals surface area contributed by atoms with Crippen molar-refractivity contribution in [2.24, 2.45) is 0 Å². The van der Waals surface area contributed by atoms with Crippen LogP contribution in [0.4, 0.5) is 5.69 Å². The first-order valence-electron chi connectivity index (χ1n) is 7.38. The summed E-state index contributed by atoms with van der Waals surface area (Å²) in [6.07, 6.45) is 6.23. The van der Waals surface area contributed by atoms with E-state index >= 15 is 0 Å². The van der Waals surface area contributed by atoms with Gasteiger partial charge in [-0.1, -0.05) is 36.4 Å². The second-order valence-corrected chi connectivity index (χ2v) is 5.98. The third kappa shape index (κ3) is 2.94. The van der Waals surface area contributed by atoms with Gasteiger partial charge in [0.15, 0.2) is 0 Å². The summed E-state index contributed by atoms with van der Waals surface area (Å²) < 4.78 is 6.23. The minimum absolute atomic E-state index is 0.259. The van der Waals surface area contributed by atoms with Crippen LogP contribution in [0.25, 0.3) is 6.08 Å². The van der Waals surface area contributed by atoms with Crippen LogP contribution >= 0.6 is 0 Å². The molecule has 0 saturated heterocycles. The van der Waals surface area contributed by atoms with Gasteiger partial charge in [-0.15, -0.1) is 0 Å². The van der Waals surface area contributed by atoms with E-state index in [0.717, 1.165) is 35.4 Å². The quantitative estimate of drug-likeness (QED) is 0.846. The third-order valence-corrected chi connectivity index (χ3v) is 4.11. The van der Waals surface area contributed by atoms with Crippen LogP contribution in [-0.2, 0) is 6.42 Å². The highest BCUT2D eigenvalue weighted by Crippen LogP contribution is 2.35. The van der Waals surface area contributed by atoms with E-state index < -0.39 is 0 Å². The molecule has 2 nitrogen and oxygen atoms in total. The molecule has 0 amide bonds. The lowest BCUT2D eigenvalue weighted by atomic mass is 9.92. The summed E-state index contributed by atoms with van der Waals surface area (Å²) in [6, 6.07) is 14.6. The van der Waals surface area contributed by atoms with Gasteiger partial charge in [0.05, 0.1) is 0 Å². The molecule has 3 rings (SSSR count). The fourth-order valence-electron chi connectivity index (χ4n) is 2.66. The van der Waals surface area contributed by atoms with Crippen LogP contribution in [0.15, 0.2) is 48.5 Å². The maximum atomic E-state index is 6.23. The molecule has 0 aliphatic carbocycles. The largest absolute Gasteiger partial charge is 0.483 e. The van der Waals surface area contributed by atoms with E-state index in [1.807, 2.05) is 25.1 Å². The minimum atomic E-state index is -0.259. The van der Waals surface area contributed by atoms with E-state index in [-0.39, 0.29) is 5.60 Å². The average Bonchev–Trinajstić information content (AvgIpc) is 2.48. The number of ether oxygens (including phenoxy) is 1. The van der Waals surface area contributed by atoms with Gasteiger partial charge >= 0.3 is 0 Å². The van der Waals surface area contributed by atoms with Crippen LogP contribution in [-0.4, -0.2) is 5.60 Å². The van der Waals surface area contributed by atoms with Gasteiger partial charge in [0.1, 0.15) is 11.4 Å². The zero-order valence-corrected chi connectivity index (χ0v) is 12.6. The molecule has 2 aromatic carbocycles. The topological polar surface area (TPSA) is 35.2 Å². The molecular weight excluding hydrogens is 258 g/mol. The van der Waals surface area contributed by atoms with Crippen LogP contribution in [0.3, 0.4) is 0 Å². The first-order valence-corrected chi connectivity index (χ1v) is 7.38. The van der Waals surface area contributed by atoms with Gasteiger partial charge in [-0.2, -0.15) is 0 Å². The van der Waals surface area contributed by atoms with E-state index in [1.54, 1.807) is 0 Å². The van der Waals surface area contributed by atoms with Crippen LogP contribution in [0.2, 0.25) is 0 Å². The highest BCUT2D eigenvalue weighted by atomic mass is 16.5. The Morgan fingerprint density at radius 2 is 1.90 bits per heavy atom. The van der Waals surface area contributed by atoms with Gasteiger partial charge in [0.25, 0.3) is 0 Å². The van der Waals surface area contributed by atoms with Crippen LogP contribution in [0.1, 0.15) is 30.0 Å². The Bertz CT molecular complexity index is 675. The van der Waals surface area contributed by atoms with E-state index in [0.29, 0.717) is 0 Å². The molecule has 1 aliphatic rings. The first kappa shape index (κ1) is 13.7. The van der Waals surface area contributed by atoms with Crippen LogP contribution < -0.4 is 10.5 Å². The fraction of sp³-hybridized carbons (Fsp3) is 0.263. The van der Waals surface area contributed by atoms with Gasteiger partial charge in [-0.25, -0.2) is 0 Å². The molecule has 2 heteroatoms. The van der Waals surface area contributed by atoms with Crippen molar-refractivity contribution in [3.63, 3.8) is 0 Å². The molecule has 0 fully saturated rings. The van der Waals surface area contributed by atoms with E-state index in [2.05, 4.69) is 43.3 Å². The van der Waals surface area contributed by atoms with Crippen LogP contribution in [0, 0.1) is 6.92 Å². The molecule has 2 N–H and O–H groups in total. The standard InChI is InChI=1S/C19H21NO/c1-14-12-18-16(13-17(14)20)9-11-19(2,21-18)10-8-15-6-4-3-5-7-15/h3-7,9,11-13H,8,10,20H2,1-2H3. The Labute approximate surface area is 126 Å². The normalized spacial score (nSPS) is 19.9. The molecule has 0 saturated carbocycles. The molecule has 0 radical (unpaired) electrons. The van der Waals surface area contributed by atoms with Gasteiger partial charge < -0.3 is 10.5 Å². The predicted octanol–water partition coefficient (Wildman–Crippen LogP) is 4.37. The molecule has 1 aliphatic heterocycles. The lowest BCUT2D eigenvalue weighted by molar-refractivity contribution is 0.128. The molecule has 108 valence electrons. The molecule has 1 unspecified atom stereocenters. The number of benzene rings is 2. The Balaban J connectivity index is 1.77. The van der Waals surface area contributed by atoms with Crippen molar-refractivity contribution in [3.05, 3.63) is 65.2 Å². The van der Waals surface area contributed by atoms with Crippen molar-refractivity contribution in [2.45, 2.75) is 32.3 Å². The maximum Gasteiger partial charge on any atom is 0.128 e. The SMILES string of the molecule is Cc1cc2c(cc1N)C=CC(C)(CCc1ccccc1)O2. The minimum Gasteiger partial charge on any atom is -0.483 e. The molecule has 0 spiro atoms. The smallest absolute Gasteiger partial charge is 0.128 e. The third-order valence-electron chi connectivity index (χ3n) is 4.11. The molecule has 1 atom stereocenters. The van der Waals surface area contributed by atoms with Crippen LogP contribution in [0.5, 0.6) is 5.75 Å². The summed E-state index contributed by atoms with van der Waals surface area (Å²) >= 11 is 0. The zero-order valence-electron chi connectivity index (χ0n) is 12.6. The molecule has 2 aromatic rings. The lowest BCUT2D eigenvalue weighted by Gasteiger charge is -2.32. The van der Waals surface area contributed by atoms with Crippen molar-refractivity contribution in [1.82, 2.24) is 0 Å². The zero-order chi connectivity index (χ0) is 14.9. The van der Waals surface area contributed by atoms with Crippen molar-refractivity contribution in [1.29, 1.82) is 0 Å². The molecule has 1 heterocycles. The number of rotatable bonds is 3. The maximum absolute atomic E-state index is 6.23. The summed E-state index contributed by atoms with van der Waals surface area (Å²) in [5, 5.41) is 0. The summed E-state index contributed by atoms with van der Waals surface area (Å²) in [4.78, 5) is 0. The number of fused-ring (bicyclic) bond motifs is 1. The van der Waals surface area contributed by atoms with Gasteiger partial charge in [-0.3, -0.25) is 0 Å². The number of hydrogen-bond acceptors (Lipinski definition) is 2. The number of nitrogen functional groups attached to an aromatic ring is 1. The van der Waals surface area contributed by atoms with E-state index in [1.165, 1.54) is 5.56 Å². The Kier molecular flexibility index (Phi) is 3.46. The average molecular weight is 279 g/mol. The summed E-state index contributed by atoms with van der Waals surface area (Å²) in [7, 11) is 0. The van der Waals surface area contributed by atoms with Gasteiger partial charge in [-0.05, 0) is 56.0 Å². The molecule has 0 bridgehead atoms. The first-order chi connectivity index (χ1) is 10.1. The Morgan fingerprint density at radius 1 is 1.14 bits per heavy atom. The Hall–Kier alpha value is -2.22. The second-order valence-electron chi connectivity index (χ2n) is 5.98. The van der Waals surface area contributed by atoms with Gasteiger partial charge in [0, 0.05) is 11.3 Å². The number of nitrogens with two attached hydrogens (primary N) is 1. The summed E-state index contributed by atoms with van der Waals surface area (Å²) in [5.74, 6) is 0.930. The number of anilines is 1. The highest BCUT2D eigenvalue weighted by Gasteiger charge is 2.27. The van der Waals surface area contributed by atoms with E-state index in [9.17, 15) is 0 Å². The van der Waals surface area contributed by atoms with Gasteiger partial charge in [0.2, 0.25) is 0 Å². The second kappa shape index (κ2) is 5.28.